The summed E-state index contributed by atoms with van der Waals surface area (Å²) in [7, 11) is 0. The zero-order valence-electron chi connectivity index (χ0n) is 22.2. The molecule has 37 heavy (non-hydrogen) atoms. The van der Waals surface area contributed by atoms with Crippen molar-refractivity contribution in [1.29, 1.82) is 0 Å². The number of aromatic nitrogens is 3. The Kier molecular flexibility index (Phi) is 6.96. The van der Waals surface area contributed by atoms with Crippen LogP contribution in [0.3, 0.4) is 0 Å². The van der Waals surface area contributed by atoms with E-state index in [9.17, 15) is 4.79 Å². The highest BCUT2D eigenvalue weighted by Crippen LogP contribution is 2.35. The topological polar surface area (TPSA) is 75.4 Å². The summed E-state index contributed by atoms with van der Waals surface area (Å²) in [6, 6.07) is 18.7. The van der Waals surface area contributed by atoms with Crippen molar-refractivity contribution in [3.63, 3.8) is 0 Å². The summed E-state index contributed by atoms with van der Waals surface area (Å²) < 4.78 is 5.83. The van der Waals surface area contributed by atoms with E-state index < -0.39 is 0 Å². The standard InChI is InChI=1S/C30H35N5O2/c1-5-25(36)34-16-9-17-35(19-18-34)28-26-27(22-12-14-23(15-13-22)30(2,3)4)33-37-29(26)32-24(31-28)20-21-10-7-6-8-11-21/h6-8,10-15H,5,9,16-20H2,1-4H3. The lowest BCUT2D eigenvalue weighted by Crippen LogP contribution is -2.35. The predicted molar refractivity (Wildman–Crippen MR) is 147 cm³/mol. The minimum Gasteiger partial charge on any atom is -0.354 e. The van der Waals surface area contributed by atoms with Crippen LogP contribution >= 0.6 is 0 Å². The van der Waals surface area contributed by atoms with Gasteiger partial charge in [0.05, 0.1) is 0 Å². The molecule has 0 spiro atoms. The van der Waals surface area contributed by atoms with E-state index in [2.05, 4.69) is 67.2 Å². The summed E-state index contributed by atoms with van der Waals surface area (Å²) in [6.07, 6.45) is 2.01. The van der Waals surface area contributed by atoms with E-state index in [0.717, 1.165) is 47.5 Å². The molecule has 7 nitrogen and oxygen atoms in total. The average Bonchev–Trinajstić information content (AvgIpc) is 3.16. The molecule has 0 atom stereocenters. The SMILES string of the molecule is CCC(=O)N1CCCN(c2nc(Cc3ccccc3)nc3onc(-c4ccc(C(C)(C)C)cc4)c23)CC1. The van der Waals surface area contributed by atoms with Crippen LogP contribution in [0.2, 0.25) is 0 Å². The van der Waals surface area contributed by atoms with Crippen molar-refractivity contribution in [3.8, 4) is 11.3 Å². The smallest absolute Gasteiger partial charge is 0.263 e. The first kappa shape index (κ1) is 24.9. The van der Waals surface area contributed by atoms with Crippen LogP contribution in [-0.4, -0.2) is 52.1 Å². The number of rotatable bonds is 5. The molecule has 3 heterocycles. The number of carbonyl (C=O) groups excluding carboxylic acids is 1. The molecule has 1 aliphatic rings. The van der Waals surface area contributed by atoms with Gasteiger partial charge in [0.25, 0.3) is 5.71 Å². The third-order valence-corrected chi connectivity index (χ3v) is 7.04. The third kappa shape index (κ3) is 5.36. The summed E-state index contributed by atoms with van der Waals surface area (Å²) in [5.74, 6) is 1.73. The Morgan fingerprint density at radius 1 is 0.946 bits per heavy atom. The van der Waals surface area contributed by atoms with Gasteiger partial charge in [-0.2, -0.15) is 4.98 Å². The highest BCUT2D eigenvalue weighted by atomic mass is 16.5. The van der Waals surface area contributed by atoms with Crippen molar-refractivity contribution in [1.82, 2.24) is 20.0 Å². The lowest BCUT2D eigenvalue weighted by molar-refractivity contribution is -0.130. The summed E-state index contributed by atoms with van der Waals surface area (Å²) in [6.45, 7) is 11.5. The number of nitrogens with zero attached hydrogens (tertiary/aromatic N) is 5. The maximum absolute atomic E-state index is 12.4. The second-order valence-corrected chi connectivity index (χ2v) is 10.7. The van der Waals surface area contributed by atoms with Crippen molar-refractivity contribution in [3.05, 3.63) is 71.5 Å². The average molecular weight is 498 g/mol. The minimum atomic E-state index is 0.0683. The van der Waals surface area contributed by atoms with E-state index in [4.69, 9.17) is 14.5 Å². The summed E-state index contributed by atoms with van der Waals surface area (Å²) >= 11 is 0. The van der Waals surface area contributed by atoms with Gasteiger partial charge >= 0.3 is 0 Å². The lowest BCUT2D eigenvalue weighted by atomic mass is 9.86. The van der Waals surface area contributed by atoms with Crippen molar-refractivity contribution in [2.24, 2.45) is 0 Å². The monoisotopic (exact) mass is 497 g/mol. The molecule has 7 heteroatoms. The molecule has 1 saturated heterocycles. The fourth-order valence-electron chi connectivity index (χ4n) is 4.89. The Morgan fingerprint density at radius 2 is 1.70 bits per heavy atom. The van der Waals surface area contributed by atoms with E-state index in [1.54, 1.807) is 0 Å². The highest BCUT2D eigenvalue weighted by molar-refractivity contribution is 5.98. The maximum atomic E-state index is 12.4. The third-order valence-electron chi connectivity index (χ3n) is 7.04. The zero-order valence-corrected chi connectivity index (χ0v) is 22.2. The van der Waals surface area contributed by atoms with Gasteiger partial charge in [-0.3, -0.25) is 4.79 Å². The molecule has 2 aromatic carbocycles. The van der Waals surface area contributed by atoms with Crippen molar-refractivity contribution in [2.75, 3.05) is 31.1 Å². The Bertz CT molecular complexity index is 1370. The minimum absolute atomic E-state index is 0.0683. The van der Waals surface area contributed by atoms with Crippen LogP contribution in [0.15, 0.2) is 59.1 Å². The molecule has 1 fully saturated rings. The van der Waals surface area contributed by atoms with Crippen LogP contribution in [0.4, 0.5) is 5.82 Å². The predicted octanol–water partition coefficient (Wildman–Crippen LogP) is 5.62. The maximum Gasteiger partial charge on any atom is 0.263 e. The Hall–Kier alpha value is -3.74. The number of hydrogen-bond donors (Lipinski definition) is 0. The Morgan fingerprint density at radius 3 is 2.41 bits per heavy atom. The highest BCUT2D eigenvalue weighted by Gasteiger charge is 2.26. The number of benzene rings is 2. The van der Waals surface area contributed by atoms with Crippen LogP contribution in [0.1, 0.15) is 57.5 Å². The molecule has 0 saturated carbocycles. The molecule has 0 aliphatic carbocycles. The van der Waals surface area contributed by atoms with E-state index in [0.29, 0.717) is 37.5 Å². The zero-order chi connectivity index (χ0) is 26.0. The number of fused-ring (bicyclic) bond motifs is 1. The van der Waals surface area contributed by atoms with Gasteiger partial charge in [0.15, 0.2) is 0 Å². The van der Waals surface area contributed by atoms with Gasteiger partial charge in [0.1, 0.15) is 22.7 Å². The molecule has 0 unspecified atom stereocenters. The number of carbonyl (C=O) groups is 1. The molecule has 0 radical (unpaired) electrons. The van der Waals surface area contributed by atoms with Gasteiger partial charge in [-0.15, -0.1) is 0 Å². The molecule has 0 N–H and O–H groups in total. The largest absolute Gasteiger partial charge is 0.354 e. The first-order valence-corrected chi connectivity index (χ1v) is 13.2. The molecule has 1 aliphatic heterocycles. The molecule has 192 valence electrons. The Labute approximate surface area is 218 Å². The second-order valence-electron chi connectivity index (χ2n) is 10.7. The second kappa shape index (κ2) is 10.3. The summed E-state index contributed by atoms with van der Waals surface area (Å²) in [5.41, 5.74) is 4.70. The molecule has 0 bridgehead atoms. The number of amides is 1. The van der Waals surface area contributed by atoms with Gasteiger partial charge in [-0.1, -0.05) is 87.4 Å². The quantitative estimate of drug-likeness (QED) is 0.356. The molecular weight excluding hydrogens is 462 g/mol. The van der Waals surface area contributed by atoms with Gasteiger partial charge in [-0.25, -0.2) is 4.98 Å². The lowest BCUT2D eigenvalue weighted by Gasteiger charge is -2.23. The fraction of sp³-hybridized carbons (Fsp3) is 0.400. The first-order chi connectivity index (χ1) is 17.8. The van der Waals surface area contributed by atoms with E-state index >= 15 is 0 Å². The van der Waals surface area contributed by atoms with Gasteiger partial charge in [-0.05, 0) is 23.0 Å². The van der Waals surface area contributed by atoms with Crippen LogP contribution in [0, 0.1) is 0 Å². The van der Waals surface area contributed by atoms with Crippen molar-refractivity contribution >= 4 is 22.8 Å². The van der Waals surface area contributed by atoms with Gasteiger partial charge in [0, 0.05) is 44.6 Å². The normalized spacial score (nSPS) is 14.7. The van der Waals surface area contributed by atoms with Gasteiger partial charge in [0.2, 0.25) is 5.91 Å². The molecule has 2 aromatic heterocycles. The van der Waals surface area contributed by atoms with E-state index in [-0.39, 0.29) is 11.3 Å². The van der Waals surface area contributed by atoms with Crippen LogP contribution in [0.25, 0.3) is 22.4 Å². The van der Waals surface area contributed by atoms with E-state index in [1.807, 2.05) is 30.0 Å². The molecular formula is C30H35N5O2. The van der Waals surface area contributed by atoms with Crippen LogP contribution < -0.4 is 4.90 Å². The number of hydrogen-bond acceptors (Lipinski definition) is 6. The van der Waals surface area contributed by atoms with Gasteiger partial charge < -0.3 is 14.3 Å². The van der Waals surface area contributed by atoms with Crippen molar-refractivity contribution in [2.45, 2.75) is 52.4 Å². The van der Waals surface area contributed by atoms with E-state index in [1.165, 1.54) is 5.56 Å². The van der Waals surface area contributed by atoms with Crippen molar-refractivity contribution < 1.29 is 9.32 Å². The van der Waals surface area contributed by atoms with Crippen LogP contribution in [-0.2, 0) is 16.6 Å². The van der Waals surface area contributed by atoms with Crippen LogP contribution in [0.5, 0.6) is 0 Å². The summed E-state index contributed by atoms with van der Waals surface area (Å²) in [5, 5.41) is 5.30. The first-order valence-electron chi connectivity index (χ1n) is 13.2. The molecule has 4 aromatic rings. The molecule has 5 rings (SSSR count). The molecule has 1 amide bonds. The summed E-state index contributed by atoms with van der Waals surface area (Å²) in [4.78, 5) is 26.5. The Balaban J connectivity index is 1.57. The number of anilines is 1. The fourth-order valence-corrected chi connectivity index (χ4v) is 4.89.